The molecule has 0 saturated carbocycles. The molecule has 1 aromatic carbocycles. The predicted octanol–water partition coefficient (Wildman–Crippen LogP) is 2.61. The van der Waals surface area contributed by atoms with Gasteiger partial charge in [0.2, 0.25) is 10.0 Å². The molecule has 4 heteroatoms. The molecule has 0 unspecified atom stereocenters. The van der Waals surface area contributed by atoms with Crippen LogP contribution in [0.2, 0.25) is 0 Å². The van der Waals surface area contributed by atoms with Crippen molar-refractivity contribution in [1.82, 2.24) is 4.72 Å². The fourth-order valence-electron chi connectivity index (χ4n) is 2.11. The molecule has 2 rings (SSSR count). The van der Waals surface area contributed by atoms with E-state index in [-0.39, 0.29) is 5.75 Å². The molecule has 0 heterocycles. The van der Waals surface area contributed by atoms with Crippen molar-refractivity contribution in [2.75, 3.05) is 6.54 Å². The van der Waals surface area contributed by atoms with E-state index in [0.29, 0.717) is 6.54 Å². The van der Waals surface area contributed by atoms with Crippen LogP contribution in [0.1, 0.15) is 31.2 Å². The first kappa shape index (κ1) is 13.3. The molecule has 0 aromatic heterocycles. The second kappa shape index (κ2) is 6.16. The van der Waals surface area contributed by atoms with Gasteiger partial charge in [0.05, 0.1) is 5.75 Å². The zero-order chi connectivity index (χ0) is 12.8. The zero-order valence-corrected chi connectivity index (χ0v) is 11.2. The summed E-state index contributed by atoms with van der Waals surface area (Å²) in [5, 5.41) is 0. The van der Waals surface area contributed by atoms with Gasteiger partial charge in [0.15, 0.2) is 0 Å². The molecule has 0 amide bonds. The van der Waals surface area contributed by atoms with E-state index in [1.165, 1.54) is 18.4 Å². The van der Waals surface area contributed by atoms with Crippen molar-refractivity contribution in [3.8, 4) is 0 Å². The molecule has 0 saturated heterocycles. The zero-order valence-electron chi connectivity index (χ0n) is 10.4. The first-order valence-electron chi connectivity index (χ1n) is 6.35. The first-order chi connectivity index (χ1) is 8.66. The lowest BCUT2D eigenvalue weighted by Crippen LogP contribution is -2.27. The number of sulfonamides is 1. The van der Waals surface area contributed by atoms with Gasteiger partial charge in [-0.1, -0.05) is 42.0 Å². The molecule has 1 aromatic rings. The van der Waals surface area contributed by atoms with Crippen LogP contribution in [0.25, 0.3) is 0 Å². The van der Waals surface area contributed by atoms with Gasteiger partial charge in [-0.3, -0.25) is 0 Å². The molecule has 0 spiro atoms. The minimum absolute atomic E-state index is 0.0567. The summed E-state index contributed by atoms with van der Waals surface area (Å²) in [6.07, 6.45) is 6.66. The van der Waals surface area contributed by atoms with Crippen LogP contribution in [-0.2, 0) is 15.8 Å². The molecule has 0 radical (unpaired) electrons. The summed E-state index contributed by atoms with van der Waals surface area (Å²) >= 11 is 0. The number of benzene rings is 1. The largest absolute Gasteiger partial charge is 0.216 e. The van der Waals surface area contributed by atoms with Crippen LogP contribution in [0.15, 0.2) is 42.0 Å². The first-order valence-corrected chi connectivity index (χ1v) is 8.00. The Hall–Kier alpha value is -1.13. The highest BCUT2D eigenvalue weighted by Crippen LogP contribution is 2.16. The third-order valence-electron chi connectivity index (χ3n) is 3.10. The quantitative estimate of drug-likeness (QED) is 0.832. The van der Waals surface area contributed by atoms with Crippen molar-refractivity contribution in [3.63, 3.8) is 0 Å². The summed E-state index contributed by atoms with van der Waals surface area (Å²) < 4.78 is 26.5. The van der Waals surface area contributed by atoms with E-state index in [2.05, 4.69) is 10.8 Å². The van der Waals surface area contributed by atoms with Crippen LogP contribution >= 0.6 is 0 Å². The van der Waals surface area contributed by atoms with Crippen molar-refractivity contribution in [1.29, 1.82) is 0 Å². The lowest BCUT2D eigenvalue weighted by atomic mass is 10.0. The molecule has 0 atom stereocenters. The molecule has 0 fully saturated rings. The van der Waals surface area contributed by atoms with Gasteiger partial charge in [-0.15, -0.1) is 0 Å². The number of hydrogen-bond acceptors (Lipinski definition) is 2. The molecule has 18 heavy (non-hydrogen) atoms. The highest BCUT2D eigenvalue weighted by molar-refractivity contribution is 7.88. The van der Waals surface area contributed by atoms with Crippen molar-refractivity contribution in [2.45, 2.75) is 31.4 Å². The van der Waals surface area contributed by atoms with E-state index in [1.54, 1.807) is 0 Å². The topological polar surface area (TPSA) is 46.2 Å². The third kappa shape index (κ3) is 4.27. The summed E-state index contributed by atoms with van der Waals surface area (Å²) in [5.74, 6) is 0.0567. The standard InChI is InChI=1S/C14H19NO2S/c16-18(17,12-14-9-5-2-6-10-14)15-11-13-7-3-1-4-8-13/h2,5-7,9-10,15H,1,3-4,8,11-12H2. The molecule has 1 aliphatic carbocycles. The van der Waals surface area contributed by atoms with E-state index in [0.717, 1.165) is 18.4 Å². The maximum Gasteiger partial charge on any atom is 0.216 e. The number of hydrogen-bond donors (Lipinski definition) is 1. The van der Waals surface area contributed by atoms with Gasteiger partial charge in [-0.2, -0.15) is 0 Å². The molecule has 98 valence electrons. The Bertz CT molecular complexity index is 506. The van der Waals surface area contributed by atoms with Crippen molar-refractivity contribution in [3.05, 3.63) is 47.5 Å². The van der Waals surface area contributed by atoms with E-state index < -0.39 is 10.0 Å². The van der Waals surface area contributed by atoms with Crippen LogP contribution < -0.4 is 4.72 Å². The summed E-state index contributed by atoms with van der Waals surface area (Å²) in [4.78, 5) is 0. The van der Waals surface area contributed by atoms with Crippen molar-refractivity contribution in [2.24, 2.45) is 0 Å². The Morgan fingerprint density at radius 2 is 1.89 bits per heavy atom. The van der Waals surface area contributed by atoms with Gasteiger partial charge in [-0.05, 0) is 31.2 Å². The van der Waals surface area contributed by atoms with Crippen LogP contribution in [0.4, 0.5) is 0 Å². The van der Waals surface area contributed by atoms with E-state index >= 15 is 0 Å². The van der Waals surface area contributed by atoms with Gasteiger partial charge in [0.25, 0.3) is 0 Å². The van der Waals surface area contributed by atoms with Gasteiger partial charge in [-0.25, -0.2) is 13.1 Å². The molecule has 1 aliphatic rings. The number of allylic oxidation sites excluding steroid dienone is 1. The highest BCUT2D eigenvalue weighted by atomic mass is 32.2. The SMILES string of the molecule is O=S(=O)(Cc1ccccc1)NCC1=CCCCC1. The molecular formula is C14H19NO2S. The van der Waals surface area contributed by atoms with E-state index in [9.17, 15) is 8.42 Å². The second-order valence-electron chi connectivity index (χ2n) is 4.67. The fourth-order valence-corrected chi connectivity index (χ4v) is 3.25. The Kier molecular flexibility index (Phi) is 4.55. The molecule has 3 nitrogen and oxygen atoms in total. The second-order valence-corrected chi connectivity index (χ2v) is 6.48. The molecule has 0 aliphatic heterocycles. The summed E-state index contributed by atoms with van der Waals surface area (Å²) in [7, 11) is -3.22. The van der Waals surface area contributed by atoms with Gasteiger partial charge in [0, 0.05) is 6.54 Å². The van der Waals surface area contributed by atoms with Crippen LogP contribution in [0, 0.1) is 0 Å². The Morgan fingerprint density at radius 3 is 2.56 bits per heavy atom. The van der Waals surface area contributed by atoms with Crippen molar-refractivity contribution >= 4 is 10.0 Å². The summed E-state index contributed by atoms with van der Waals surface area (Å²) in [6, 6.07) is 9.26. The molecule has 1 N–H and O–H groups in total. The summed E-state index contributed by atoms with van der Waals surface area (Å²) in [6.45, 7) is 0.467. The van der Waals surface area contributed by atoms with Crippen molar-refractivity contribution < 1.29 is 8.42 Å². The monoisotopic (exact) mass is 265 g/mol. The summed E-state index contributed by atoms with van der Waals surface area (Å²) in [5.41, 5.74) is 2.04. The fraction of sp³-hybridized carbons (Fsp3) is 0.429. The highest BCUT2D eigenvalue weighted by Gasteiger charge is 2.12. The minimum atomic E-state index is -3.22. The lowest BCUT2D eigenvalue weighted by Gasteiger charge is -2.13. The third-order valence-corrected chi connectivity index (χ3v) is 4.40. The van der Waals surface area contributed by atoms with Crippen LogP contribution in [-0.4, -0.2) is 15.0 Å². The average Bonchev–Trinajstić information content (AvgIpc) is 2.38. The lowest BCUT2D eigenvalue weighted by molar-refractivity contribution is 0.581. The Morgan fingerprint density at radius 1 is 1.11 bits per heavy atom. The normalized spacial score (nSPS) is 16.3. The predicted molar refractivity (Wildman–Crippen MR) is 73.6 cm³/mol. The maximum atomic E-state index is 11.9. The number of rotatable bonds is 5. The van der Waals surface area contributed by atoms with E-state index in [4.69, 9.17) is 0 Å². The number of nitrogens with one attached hydrogen (secondary N) is 1. The minimum Gasteiger partial charge on any atom is -0.212 e. The van der Waals surface area contributed by atoms with Crippen LogP contribution in [0.5, 0.6) is 0 Å². The maximum absolute atomic E-state index is 11.9. The van der Waals surface area contributed by atoms with Gasteiger partial charge in [0.1, 0.15) is 0 Å². The smallest absolute Gasteiger partial charge is 0.212 e. The Balaban J connectivity index is 1.89. The average molecular weight is 265 g/mol. The van der Waals surface area contributed by atoms with E-state index in [1.807, 2.05) is 30.3 Å². The van der Waals surface area contributed by atoms with Gasteiger partial charge < -0.3 is 0 Å². The molecule has 0 bridgehead atoms. The van der Waals surface area contributed by atoms with Gasteiger partial charge >= 0.3 is 0 Å². The Labute approximate surface area is 109 Å². The van der Waals surface area contributed by atoms with Crippen LogP contribution in [0.3, 0.4) is 0 Å². The molecular weight excluding hydrogens is 246 g/mol.